The van der Waals surface area contributed by atoms with E-state index in [-0.39, 0.29) is 28.7 Å². The zero-order valence-corrected chi connectivity index (χ0v) is 20.3. The fourth-order valence-electron chi connectivity index (χ4n) is 7.55. The summed E-state index contributed by atoms with van der Waals surface area (Å²) in [5.41, 5.74) is 9.95. The topological polar surface area (TPSA) is 81.9 Å². The Morgan fingerprint density at radius 1 is 1.31 bits per heavy atom. The van der Waals surface area contributed by atoms with Crippen molar-refractivity contribution >= 4 is 52.2 Å². The van der Waals surface area contributed by atoms with Crippen LogP contribution in [0.1, 0.15) is 41.3 Å². The number of hydrogen-bond acceptors (Lipinski definition) is 6. The molecule has 8 nitrogen and oxygen atoms in total. The Labute approximate surface area is 206 Å². The number of aliphatic imine (C=N–C) groups is 1. The summed E-state index contributed by atoms with van der Waals surface area (Å²) in [6.07, 6.45) is 14.0. The fraction of sp³-hybridized carbons (Fsp3) is 0.321. The highest BCUT2D eigenvalue weighted by molar-refractivity contribution is 6.27. The molecule has 0 amide bonds. The Morgan fingerprint density at radius 2 is 2.17 bits per heavy atom. The van der Waals surface area contributed by atoms with Crippen LogP contribution >= 0.6 is 0 Å². The molecule has 0 spiro atoms. The lowest BCUT2D eigenvalue weighted by molar-refractivity contribution is -0.154. The molecule has 2 aromatic rings. The van der Waals surface area contributed by atoms with Crippen molar-refractivity contribution in [2.75, 3.05) is 14.2 Å². The first-order chi connectivity index (χ1) is 17.4. The van der Waals surface area contributed by atoms with Gasteiger partial charge in [-0.15, -0.1) is 0 Å². The van der Waals surface area contributed by atoms with Gasteiger partial charge in [0.05, 0.1) is 35.4 Å². The average Bonchev–Trinajstić information content (AvgIpc) is 3.50. The van der Waals surface area contributed by atoms with Crippen LogP contribution in [0.4, 0.5) is 5.69 Å². The minimum Gasteiger partial charge on any atom is -0.354 e. The maximum Gasteiger partial charge on any atom is 0.253 e. The highest BCUT2D eigenvalue weighted by Crippen LogP contribution is 2.57. The molecule has 0 radical (unpaired) electrons. The van der Waals surface area contributed by atoms with Crippen LogP contribution in [-0.2, 0) is 20.8 Å². The molecule has 4 bridgehead atoms. The Bertz CT molecular complexity index is 1740. The summed E-state index contributed by atoms with van der Waals surface area (Å²) in [6.45, 7) is 2.58. The number of carbonyl (C=O) groups is 2. The number of ether oxygens (including phenoxy) is 2. The maximum atomic E-state index is 13.4. The van der Waals surface area contributed by atoms with Crippen molar-refractivity contribution in [3.05, 3.63) is 57.3 Å². The van der Waals surface area contributed by atoms with Gasteiger partial charge in [-0.2, -0.15) is 10.0 Å². The molecule has 1 saturated heterocycles. The Morgan fingerprint density at radius 3 is 2.97 bits per heavy atom. The molecule has 6 aliphatic rings. The molecule has 8 rings (SSSR count). The number of ketones is 2. The maximum absolute atomic E-state index is 13.4. The molecule has 1 N–H and O–H groups in total. The first kappa shape index (κ1) is 20.7. The van der Waals surface area contributed by atoms with E-state index in [1.165, 1.54) is 5.70 Å². The van der Waals surface area contributed by atoms with E-state index in [0.29, 0.717) is 23.9 Å². The second-order valence-electron chi connectivity index (χ2n) is 10.5. The zero-order chi connectivity index (χ0) is 24.6. The number of fused-ring (bicyclic) bond motifs is 9. The highest BCUT2D eigenvalue weighted by atomic mass is 16.6. The van der Waals surface area contributed by atoms with Crippen LogP contribution in [0, 0.1) is 0 Å². The van der Waals surface area contributed by atoms with Crippen LogP contribution < -0.4 is 20.6 Å². The molecule has 4 atom stereocenters. The van der Waals surface area contributed by atoms with Gasteiger partial charge in [-0.3, -0.25) is 14.6 Å². The highest BCUT2D eigenvalue weighted by Gasteiger charge is 2.63. The van der Waals surface area contributed by atoms with Gasteiger partial charge in [0, 0.05) is 60.9 Å². The third kappa shape index (κ3) is 2.11. The van der Waals surface area contributed by atoms with Gasteiger partial charge in [0.2, 0.25) is 0 Å². The first-order valence-electron chi connectivity index (χ1n) is 12.3. The number of carbonyl (C=O) groups excluding carboxylic acids is 2. The standard InChI is InChI=1S/C28H25N4O4/c1-28-7-4-8-31-19-9-14(33)10-21(34)24(19)23-18-13-30-12-17(18)22-16-6-5-15(36-28)11-20(16)32(29-2,27(28)35-3)26(22)25(23)31/h4-7,9,12-13,15,27,29H,8,10-11H2,1-3H3/q+1/b7-4-/t15-,27-,28+,32-/m0/s1. The smallest absolute Gasteiger partial charge is 0.253 e. The van der Waals surface area contributed by atoms with Gasteiger partial charge >= 0.3 is 0 Å². The van der Waals surface area contributed by atoms with Crippen molar-refractivity contribution in [2.24, 2.45) is 4.99 Å². The predicted octanol–water partition coefficient (Wildman–Crippen LogP) is 1.57. The molecule has 4 aliphatic heterocycles. The summed E-state index contributed by atoms with van der Waals surface area (Å²) in [6, 6.07) is 0. The van der Waals surface area contributed by atoms with E-state index in [4.69, 9.17) is 9.47 Å². The monoisotopic (exact) mass is 481 g/mol. The second-order valence-corrected chi connectivity index (χ2v) is 10.5. The van der Waals surface area contributed by atoms with Crippen LogP contribution in [0.15, 0.2) is 35.0 Å². The minimum atomic E-state index is -0.753. The summed E-state index contributed by atoms with van der Waals surface area (Å²) in [4.78, 5) is 30.6. The molecule has 0 saturated carbocycles. The summed E-state index contributed by atoms with van der Waals surface area (Å²) in [7, 11) is 3.69. The molecule has 5 heterocycles. The molecule has 1 aromatic heterocycles. The van der Waals surface area contributed by atoms with Crippen molar-refractivity contribution in [3.8, 4) is 0 Å². The average molecular weight is 482 g/mol. The zero-order valence-electron chi connectivity index (χ0n) is 20.3. The molecule has 0 unspecified atom stereocenters. The van der Waals surface area contributed by atoms with Crippen molar-refractivity contribution < 1.29 is 19.1 Å². The van der Waals surface area contributed by atoms with Crippen LogP contribution in [-0.4, -0.2) is 54.4 Å². The van der Waals surface area contributed by atoms with Crippen molar-refractivity contribution in [2.45, 2.75) is 44.2 Å². The number of aromatic nitrogens is 1. The SMILES string of the molecule is CN[N@@+]12C3=C4C=C[C@@H](C3)O[C@](C)(/C=C\Cn3c5c(c6c7c(c4c1c63)C=NC=7)C(=O)CC(=O)C=5)[C@@H]2OC. The molecular formula is C28H25N4O4+. The largest absolute Gasteiger partial charge is 0.354 e. The van der Waals surface area contributed by atoms with Gasteiger partial charge in [-0.25, -0.2) is 0 Å². The van der Waals surface area contributed by atoms with Crippen LogP contribution in [0.3, 0.4) is 0 Å². The molecule has 1 fully saturated rings. The van der Waals surface area contributed by atoms with Gasteiger partial charge in [-0.1, -0.05) is 12.2 Å². The van der Waals surface area contributed by atoms with E-state index >= 15 is 0 Å². The minimum absolute atomic E-state index is 0.0885. The lowest BCUT2D eigenvalue weighted by Crippen LogP contribution is -2.69. The first-order valence-corrected chi connectivity index (χ1v) is 12.3. The summed E-state index contributed by atoms with van der Waals surface area (Å²) in [5.74, 6) is -0.297. The van der Waals surface area contributed by atoms with Crippen molar-refractivity contribution in [3.63, 3.8) is 0 Å². The van der Waals surface area contributed by atoms with Crippen LogP contribution in [0.25, 0.3) is 28.8 Å². The lowest BCUT2D eigenvalue weighted by Gasteiger charge is -2.44. The fourth-order valence-corrected chi connectivity index (χ4v) is 7.55. The summed E-state index contributed by atoms with van der Waals surface area (Å²) < 4.78 is 15.5. The summed E-state index contributed by atoms with van der Waals surface area (Å²) >= 11 is 0. The van der Waals surface area contributed by atoms with Crippen LogP contribution in [0.2, 0.25) is 0 Å². The Balaban J connectivity index is 1.69. The van der Waals surface area contributed by atoms with E-state index in [1.807, 2.05) is 19.5 Å². The van der Waals surface area contributed by atoms with E-state index < -0.39 is 11.8 Å². The van der Waals surface area contributed by atoms with Gasteiger partial charge in [0.25, 0.3) is 6.23 Å². The molecule has 180 valence electrons. The Hall–Kier alpha value is -3.43. The van der Waals surface area contributed by atoms with E-state index in [1.54, 1.807) is 13.2 Å². The lowest BCUT2D eigenvalue weighted by atomic mass is 9.90. The van der Waals surface area contributed by atoms with Gasteiger partial charge in [0.15, 0.2) is 22.9 Å². The Kier molecular flexibility index (Phi) is 3.72. The normalized spacial score (nSPS) is 33.3. The van der Waals surface area contributed by atoms with E-state index in [2.05, 4.69) is 46.2 Å². The second kappa shape index (κ2) is 6.46. The third-order valence-corrected chi connectivity index (χ3v) is 8.70. The predicted molar refractivity (Wildman–Crippen MR) is 136 cm³/mol. The quantitative estimate of drug-likeness (QED) is 0.400. The molecule has 2 aliphatic carbocycles. The van der Waals surface area contributed by atoms with E-state index in [0.717, 1.165) is 38.5 Å². The number of allylic oxidation sites excluding steroid dienone is 3. The van der Waals surface area contributed by atoms with Crippen molar-refractivity contribution in [1.82, 2.24) is 14.6 Å². The number of quaternary nitrogens is 1. The van der Waals surface area contributed by atoms with Crippen molar-refractivity contribution in [1.29, 1.82) is 0 Å². The molecule has 8 heteroatoms. The third-order valence-electron chi connectivity index (χ3n) is 8.70. The van der Waals surface area contributed by atoms with Gasteiger partial charge in [-0.05, 0) is 19.1 Å². The number of nitrogens with zero attached hydrogens (tertiary/aromatic N) is 3. The molecule has 36 heavy (non-hydrogen) atoms. The molecular weight excluding hydrogens is 456 g/mol. The summed E-state index contributed by atoms with van der Waals surface area (Å²) in [5, 5.41) is 2.49. The number of nitrogens with one attached hydrogen (secondary N) is 1. The number of hydrogen-bond donors (Lipinski definition) is 1. The number of benzene rings is 1. The number of methoxy groups -OCH3 is 1. The molecule has 1 aromatic carbocycles. The van der Waals surface area contributed by atoms with Crippen LogP contribution in [0.5, 0.6) is 0 Å². The number of rotatable bonds is 2. The van der Waals surface area contributed by atoms with Gasteiger partial charge < -0.3 is 14.0 Å². The number of Topliss-reactive ketones (excluding diaryl/α,β-unsaturated/α-hetero) is 2. The van der Waals surface area contributed by atoms with E-state index in [9.17, 15) is 9.59 Å². The van der Waals surface area contributed by atoms with Gasteiger partial charge in [0.1, 0.15) is 11.2 Å².